The highest BCUT2D eigenvalue weighted by atomic mass is 16.4. The van der Waals surface area contributed by atoms with Crippen molar-refractivity contribution < 1.29 is 13.3 Å². The van der Waals surface area contributed by atoms with Crippen molar-refractivity contribution in [2.24, 2.45) is 4.99 Å². The summed E-state index contributed by atoms with van der Waals surface area (Å²) in [5.74, 6) is -0.590. The molecule has 0 aliphatic heterocycles. The molecule has 0 aliphatic rings. The van der Waals surface area contributed by atoms with Crippen LogP contribution in [0.5, 0.6) is 0 Å². The van der Waals surface area contributed by atoms with Crippen LogP contribution in [0.15, 0.2) is 72.9 Å². The number of hydrogen-bond acceptors (Lipinski definition) is 20. The van der Waals surface area contributed by atoms with E-state index < -0.39 is 0 Å². The first-order valence-electron chi connectivity index (χ1n) is 15.9. The average molecular weight is 740 g/mol. The van der Waals surface area contributed by atoms with Gasteiger partial charge in [-0.1, -0.05) is 6.58 Å². The molecule has 9 aromatic rings. The number of hydrogen-bond donors (Lipinski definition) is 0. The summed E-state index contributed by atoms with van der Waals surface area (Å²) in [6, 6.07) is 21.8. The summed E-state index contributed by atoms with van der Waals surface area (Å²) in [5, 5.41) is 56.4. The molecule has 0 amide bonds. The van der Waals surface area contributed by atoms with Crippen LogP contribution in [-0.4, -0.2) is 55.6 Å². The van der Waals surface area contributed by atoms with Gasteiger partial charge in [-0.25, -0.2) is 39.9 Å². The Labute approximate surface area is 314 Å². The van der Waals surface area contributed by atoms with Crippen molar-refractivity contribution in [1.82, 2.24) is 49.8 Å². The maximum Gasteiger partial charge on any atom is 0.266 e. The van der Waals surface area contributed by atoms with Crippen molar-refractivity contribution in [1.29, 1.82) is 31.6 Å². The molecular formula is C37H9N17O3. The second kappa shape index (κ2) is 12.7. The fourth-order valence-electron chi connectivity index (χ4n) is 5.55. The normalized spacial score (nSPS) is 11.2. The van der Waals surface area contributed by atoms with Gasteiger partial charge in [0, 0.05) is 12.1 Å². The number of rotatable bonds is 5. The van der Waals surface area contributed by atoms with E-state index in [1.54, 1.807) is 18.2 Å². The van der Waals surface area contributed by atoms with E-state index in [4.69, 9.17) is 18.5 Å². The third-order valence-electron chi connectivity index (χ3n) is 8.12. The van der Waals surface area contributed by atoms with Crippen LogP contribution in [0.3, 0.4) is 0 Å². The molecule has 0 fully saturated rings. The minimum atomic E-state index is -0.171. The predicted octanol–water partition coefficient (Wildman–Crippen LogP) is 5.35. The van der Waals surface area contributed by atoms with Gasteiger partial charge in [-0.05, 0) is 30.3 Å². The molecule has 260 valence electrons. The largest absolute Gasteiger partial charge is 0.434 e. The molecule has 0 unspecified atom stereocenters. The lowest BCUT2D eigenvalue weighted by atomic mass is 10.2. The van der Waals surface area contributed by atoms with Crippen molar-refractivity contribution >= 4 is 66.8 Å². The molecule has 57 heavy (non-hydrogen) atoms. The molecule has 0 bridgehead atoms. The standard InChI is InChI=1S/C37H9N17O3/c1-15(9-38)24(10-39)44-16-2-3-29-21(4-16)49-35(55-29)32-52-33(36-50-22-5-17-19(7-30(22)56-36)47-27(13-42)25(11-40)45-17)54-34(53-32)37-51-23-6-18-20(8-31(23)57-37)48-28(14-43)26(12-41)46-18/h2-8H,1H2. The van der Waals surface area contributed by atoms with E-state index in [0.29, 0.717) is 27.8 Å². The minimum Gasteiger partial charge on any atom is -0.434 e. The molecule has 20 heteroatoms. The molecule has 0 N–H and O–H groups in total. The van der Waals surface area contributed by atoms with Gasteiger partial charge in [0.25, 0.3) is 17.7 Å². The summed E-state index contributed by atoms with van der Waals surface area (Å²) in [6.07, 6.45) is 0. The van der Waals surface area contributed by atoms with Gasteiger partial charge in [0.2, 0.25) is 17.5 Å². The first kappa shape index (κ1) is 33.0. The maximum atomic E-state index is 9.44. The SMILES string of the molecule is C=C(C#N)C(C#N)=Nc1ccc2oc(-c3nc(-c4nc5cc6nc(C#N)c(C#N)nc6cc5o4)nc(-c4nc5cc6nc(C#N)c(C#N)nc6cc5o4)n3)nc2c1. The van der Waals surface area contributed by atoms with Crippen LogP contribution >= 0.6 is 0 Å². The fraction of sp³-hybridized carbons (Fsp3) is 0. The Morgan fingerprint density at radius 2 is 0.860 bits per heavy atom. The van der Waals surface area contributed by atoms with Crippen LogP contribution in [0.1, 0.15) is 22.8 Å². The van der Waals surface area contributed by atoms with Crippen LogP contribution in [0.25, 0.3) is 90.5 Å². The third kappa shape index (κ3) is 5.55. The van der Waals surface area contributed by atoms with Crippen molar-refractivity contribution in [3.05, 3.63) is 77.4 Å². The lowest BCUT2D eigenvalue weighted by molar-refractivity contribution is 0.598. The van der Waals surface area contributed by atoms with Crippen molar-refractivity contribution in [3.63, 3.8) is 0 Å². The topological polar surface area (TPSA) is 323 Å². The highest BCUT2D eigenvalue weighted by molar-refractivity contribution is 6.14. The summed E-state index contributed by atoms with van der Waals surface area (Å²) >= 11 is 0. The van der Waals surface area contributed by atoms with E-state index in [1.807, 2.05) is 30.3 Å². The number of benzene rings is 3. The lowest BCUT2D eigenvalue weighted by Crippen LogP contribution is -2.00. The first-order chi connectivity index (χ1) is 27.8. The summed E-state index contributed by atoms with van der Waals surface area (Å²) in [5.41, 5.74) is 2.21. The Morgan fingerprint density at radius 3 is 1.26 bits per heavy atom. The summed E-state index contributed by atoms with van der Waals surface area (Å²) < 4.78 is 18.1. The molecule has 0 aliphatic carbocycles. The number of allylic oxidation sites excluding steroid dienone is 1. The Hall–Kier alpha value is -9.89. The Balaban J connectivity index is 1.21. The van der Waals surface area contributed by atoms with Crippen LogP contribution < -0.4 is 0 Å². The highest BCUT2D eigenvalue weighted by Gasteiger charge is 2.24. The molecule has 6 aromatic heterocycles. The third-order valence-corrected chi connectivity index (χ3v) is 8.12. The van der Waals surface area contributed by atoms with Crippen molar-refractivity contribution in [2.75, 3.05) is 0 Å². The Bertz CT molecular complexity index is 3280. The van der Waals surface area contributed by atoms with Crippen LogP contribution in [-0.2, 0) is 0 Å². The van der Waals surface area contributed by atoms with Gasteiger partial charge in [-0.15, -0.1) is 0 Å². The van der Waals surface area contributed by atoms with E-state index >= 15 is 0 Å². The van der Waals surface area contributed by atoms with Gasteiger partial charge in [-0.3, -0.25) is 0 Å². The molecule has 0 atom stereocenters. The van der Waals surface area contributed by atoms with Gasteiger partial charge in [0.05, 0.1) is 33.3 Å². The van der Waals surface area contributed by atoms with E-state index in [9.17, 15) is 26.3 Å². The summed E-state index contributed by atoms with van der Waals surface area (Å²) in [4.78, 5) is 48.4. The number of fused-ring (bicyclic) bond motifs is 5. The quantitative estimate of drug-likeness (QED) is 0.158. The van der Waals surface area contributed by atoms with Gasteiger partial charge >= 0.3 is 0 Å². The van der Waals surface area contributed by atoms with Crippen molar-refractivity contribution in [3.8, 4) is 71.6 Å². The number of nitriles is 6. The van der Waals surface area contributed by atoms with Gasteiger partial charge in [0.15, 0.2) is 45.2 Å². The highest BCUT2D eigenvalue weighted by Crippen LogP contribution is 2.32. The molecule has 0 radical (unpaired) electrons. The minimum absolute atomic E-state index is 0.0791. The molecule has 0 spiro atoms. The molecule has 0 saturated heterocycles. The van der Waals surface area contributed by atoms with E-state index in [-0.39, 0.29) is 102 Å². The zero-order chi connectivity index (χ0) is 39.4. The number of nitrogens with zero attached hydrogens (tertiary/aromatic N) is 17. The van der Waals surface area contributed by atoms with Gasteiger partial charge in [-0.2, -0.15) is 46.5 Å². The van der Waals surface area contributed by atoms with E-state index in [1.165, 1.54) is 30.3 Å². The molecular weight excluding hydrogens is 731 g/mol. The molecule has 0 saturated carbocycles. The smallest absolute Gasteiger partial charge is 0.266 e. The molecule has 9 rings (SSSR count). The van der Waals surface area contributed by atoms with Crippen LogP contribution in [0.4, 0.5) is 5.69 Å². The number of aliphatic imine (C=N–C) groups is 1. The lowest BCUT2D eigenvalue weighted by Gasteiger charge is -2.01. The monoisotopic (exact) mass is 739 g/mol. The Morgan fingerprint density at radius 1 is 0.456 bits per heavy atom. The number of aromatic nitrogens is 10. The second-order valence-electron chi connectivity index (χ2n) is 11.6. The van der Waals surface area contributed by atoms with E-state index in [2.05, 4.69) is 61.4 Å². The van der Waals surface area contributed by atoms with Gasteiger partial charge < -0.3 is 13.3 Å². The van der Waals surface area contributed by atoms with Gasteiger partial charge in [0.1, 0.15) is 53.0 Å². The zero-order valence-corrected chi connectivity index (χ0v) is 28.1. The first-order valence-corrected chi connectivity index (χ1v) is 15.9. The van der Waals surface area contributed by atoms with E-state index in [0.717, 1.165) is 0 Å². The fourth-order valence-corrected chi connectivity index (χ4v) is 5.55. The second-order valence-corrected chi connectivity index (χ2v) is 11.6. The number of oxazole rings is 3. The maximum absolute atomic E-state index is 9.44. The molecule has 3 aromatic carbocycles. The predicted molar refractivity (Wildman–Crippen MR) is 191 cm³/mol. The van der Waals surface area contributed by atoms with Crippen molar-refractivity contribution in [2.45, 2.75) is 0 Å². The van der Waals surface area contributed by atoms with Crippen LogP contribution in [0, 0.1) is 68.0 Å². The zero-order valence-electron chi connectivity index (χ0n) is 28.1. The summed E-state index contributed by atoms with van der Waals surface area (Å²) in [7, 11) is 0. The molecule has 20 nitrogen and oxygen atoms in total. The molecule has 6 heterocycles. The Kier molecular flexibility index (Phi) is 7.32. The average Bonchev–Trinajstić information content (AvgIpc) is 3.98. The van der Waals surface area contributed by atoms with Crippen LogP contribution in [0.2, 0.25) is 0 Å². The summed E-state index contributed by atoms with van der Waals surface area (Å²) in [6.45, 7) is 3.54.